The summed E-state index contributed by atoms with van der Waals surface area (Å²) in [5.41, 5.74) is 8.85. The molecule has 2 aromatic rings. The van der Waals surface area contributed by atoms with Gasteiger partial charge in [0, 0.05) is 11.3 Å². The molecule has 4 nitrogen and oxygen atoms in total. The van der Waals surface area contributed by atoms with Crippen molar-refractivity contribution in [1.29, 1.82) is 0 Å². The van der Waals surface area contributed by atoms with E-state index in [1.54, 1.807) is 25.3 Å². The molecule has 1 atom stereocenters. The van der Waals surface area contributed by atoms with Crippen LogP contribution >= 0.6 is 0 Å². The third kappa shape index (κ3) is 3.34. The lowest BCUT2D eigenvalue weighted by Crippen LogP contribution is -2.27. The minimum absolute atomic E-state index is 0.117. The van der Waals surface area contributed by atoms with Crippen LogP contribution in [0.5, 0.6) is 5.75 Å². The molecule has 0 saturated carbocycles. The van der Waals surface area contributed by atoms with Gasteiger partial charge >= 0.3 is 0 Å². The summed E-state index contributed by atoms with van der Waals surface area (Å²) >= 11 is 0. The first-order valence-electron chi connectivity index (χ1n) is 6.83. The second-order valence-corrected chi connectivity index (χ2v) is 4.99. The predicted molar refractivity (Wildman–Crippen MR) is 84.5 cm³/mol. The zero-order valence-electron chi connectivity index (χ0n) is 12.5. The number of nitrogens with two attached hydrogens (primary N) is 1. The Kier molecular flexibility index (Phi) is 4.48. The van der Waals surface area contributed by atoms with E-state index in [2.05, 4.69) is 5.32 Å². The molecular weight excluding hydrogens is 264 g/mol. The fourth-order valence-corrected chi connectivity index (χ4v) is 2.17. The number of benzene rings is 2. The molecule has 0 aliphatic rings. The SMILES string of the molecule is COc1cccc(C(C)NC(=O)c2cccc(N)c2C)c1. The molecule has 1 unspecified atom stereocenters. The van der Waals surface area contributed by atoms with Gasteiger partial charge in [-0.3, -0.25) is 4.79 Å². The van der Waals surface area contributed by atoms with Crippen molar-refractivity contribution in [2.24, 2.45) is 0 Å². The highest BCUT2D eigenvalue weighted by Gasteiger charge is 2.14. The highest BCUT2D eigenvalue weighted by molar-refractivity contribution is 5.97. The summed E-state index contributed by atoms with van der Waals surface area (Å²) < 4.78 is 5.20. The molecule has 0 fully saturated rings. The summed E-state index contributed by atoms with van der Waals surface area (Å²) in [5.74, 6) is 0.642. The molecule has 0 bridgehead atoms. The highest BCUT2D eigenvalue weighted by Crippen LogP contribution is 2.20. The summed E-state index contributed by atoms with van der Waals surface area (Å²) in [7, 11) is 1.62. The second-order valence-electron chi connectivity index (χ2n) is 4.99. The van der Waals surface area contributed by atoms with Crippen LogP contribution in [-0.4, -0.2) is 13.0 Å². The topological polar surface area (TPSA) is 64.3 Å². The van der Waals surface area contributed by atoms with Crippen LogP contribution in [0.15, 0.2) is 42.5 Å². The number of amides is 1. The monoisotopic (exact) mass is 284 g/mol. The molecule has 0 radical (unpaired) electrons. The van der Waals surface area contributed by atoms with Crippen LogP contribution in [0.25, 0.3) is 0 Å². The van der Waals surface area contributed by atoms with Crippen LogP contribution in [0.2, 0.25) is 0 Å². The minimum Gasteiger partial charge on any atom is -0.497 e. The van der Waals surface area contributed by atoms with Gasteiger partial charge in [-0.15, -0.1) is 0 Å². The number of nitrogen functional groups attached to an aromatic ring is 1. The lowest BCUT2D eigenvalue weighted by Gasteiger charge is -2.16. The number of carbonyl (C=O) groups excluding carboxylic acids is 1. The Labute approximate surface area is 124 Å². The fraction of sp³-hybridized carbons (Fsp3) is 0.235. The van der Waals surface area contributed by atoms with Crippen molar-refractivity contribution < 1.29 is 9.53 Å². The lowest BCUT2D eigenvalue weighted by molar-refractivity contribution is 0.0939. The predicted octanol–water partition coefficient (Wildman–Crippen LogP) is 3.08. The fourth-order valence-electron chi connectivity index (χ4n) is 2.17. The Hall–Kier alpha value is -2.49. The molecule has 2 aromatic carbocycles. The first-order valence-corrected chi connectivity index (χ1v) is 6.83. The van der Waals surface area contributed by atoms with Gasteiger partial charge in [0.25, 0.3) is 5.91 Å². The smallest absolute Gasteiger partial charge is 0.252 e. The molecule has 21 heavy (non-hydrogen) atoms. The molecular formula is C17H20N2O2. The maximum atomic E-state index is 12.4. The maximum absolute atomic E-state index is 12.4. The van der Waals surface area contributed by atoms with E-state index in [0.717, 1.165) is 16.9 Å². The van der Waals surface area contributed by atoms with Gasteiger partial charge in [0.1, 0.15) is 5.75 Å². The Morgan fingerprint density at radius 1 is 1.24 bits per heavy atom. The second kappa shape index (κ2) is 6.31. The number of methoxy groups -OCH3 is 1. The molecule has 0 saturated heterocycles. The third-order valence-electron chi connectivity index (χ3n) is 3.56. The number of hydrogen-bond donors (Lipinski definition) is 2. The van der Waals surface area contributed by atoms with Gasteiger partial charge in [-0.25, -0.2) is 0 Å². The summed E-state index contributed by atoms with van der Waals surface area (Å²) in [4.78, 5) is 12.4. The van der Waals surface area contributed by atoms with Crippen molar-refractivity contribution >= 4 is 11.6 Å². The van der Waals surface area contributed by atoms with Crippen LogP contribution in [-0.2, 0) is 0 Å². The van der Waals surface area contributed by atoms with Crippen molar-refractivity contribution in [3.8, 4) is 5.75 Å². The number of nitrogens with one attached hydrogen (secondary N) is 1. The number of anilines is 1. The number of hydrogen-bond acceptors (Lipinski definition) is 3. The molecule has 0 spiro atoms. The van der Waals surface area contributed by atoms with Crippen LogP contribution in [0.3, 0.4) is 0 Å². The van der Waals surface area contributed by atoms with E-state index in [9.17, 15) is 4.79 Å². The van der Waals surface area contributed by atoms with Gasteiger partial charge in [0.15, 0.2) is 0 Å². The van der Waals surface area contributed by atoms with Gasteiger partial charge in [-0.2, -0.15) is 0 Å². The van der Waals surface area contributed by atoms with Crippen molar-refractivity contribution in [3.63, 3.8) is 0 Å². The average molecular weight is 284 g/mol. The summed E-state index contributed by atoms with van der Waals surface area (Å²) in [6.07, 6.45) is 0. The molecule has 2 rings (SSSR count). The van der Waals surface area contributed by atoms with E-state index in [-0.39, 0.29) is 11.9 Å². The largest absolute Gasteiger partial charge is 0.497 e. The Balaban J connectivity index is 2.16. The number of ether oxygens (including phenoxy) is 1. The van der Waals surface area contributed by atoms with Gasteiger partial charge in [-0.05, 0) is 49.2 Å². The van der Waals surface area contributed by atoms with Crippen molar-refractivity contribution in [2.45, 2.75) is 19.9 Å². The Morgan fingerprint density at radius 2 is 1.95 bits per heavy atom. The van der Waals surface area contributed by atoms with E-state index in [1.807, 2.05) is 38.1 Å². The van der Waals surface area contributed by atoms with Gasteiger partial charge in [-0.1, -0.05) is 18.2 Å². The molecule has 3 N–H and O–H groups in total. The van der Waals surface area contributed by atoms with Crippen LogP contribution in [0.4, 0.5) is 5.69 Å². The maximum Gasteiger partial charge on any atom is 0.252 e. The Bertz CT molecular complexity index is 653. The zero-order chi connectivity index (χ0) is 15.4. The lowest BCUT2D eigenvalue weighted by atomic mass is 10.0. The normalized spacial score (nSPS) is 11.8. The summed E-state index contributed by atoms with van der Waals surface area (Å²) in [6, 6.07) is 12.9. The molecule has 1 amide bonds. The van der Waals surface area contributed by atoms with E-state index >= 15 is 0 Å². The molecule has 0 aliphatic carbocycles. The first-order chi connectivity index (χ1) is 10.0. The van der Waals surface area contributed by atoms with Gasteiger partial charge < -0.3 is 15.8 Å². The molecule has 0 aromatic heterocycles. The molecule has 4 heteroatoms. The van der Waals surface area contributed by atoms with Crippen LogP contribution in [0.1, 0.15) is 34.5 Å². The number of rotatable bonds is 4. The van der Waals surface area contributed by atoms with Crippen LogP contribution in [0, 0.1) is 6.92 Å². The first kappa shape index (κ1) is 14.9. The van der Waals surface area contributed by atoms with E-state index in [4.69, 9.17) is 10.5 Å². The average Bonchev–Trinajstić information content (AvgIpc) is 2.49. The van der Waals surface area contributed by atoms with E-state index < -0.39 is 0 Å². The highest BCUT2D eigenvalue weighted by atomic mass is 16.5. The van der Waals surface area contributed by atoms with Gasteiger partial charge in [0.2, 0.25) is 0 Å². The van der Waals surface area contributed by atoms with Crippen LogP contribution < -0.4 is 15.8 Å². The third-order valence-corrected chi connectivity index (χ3v) is 3.56. The van der Waals surface area contributed by atoms with E-state index in [1.165, 1.54) is 0 Å². The standard InChI is InChI=1S/C17H20N2O2/c1-11-15(8-5-9-16(11)18)17(20)19-12(2)13-6-4-7-14(10-13)21-3/h4-10,12H,18H2,1-3H3,(H,19,20). The molecule has 110 valence electrons. The van der Waals surface area contributed by atoms with Crippen molar-refractivity contribution in [2.75, 3.05) is 12.8 Å². The number of carbonyl (C=O) groups is 1. The molecule has 0 aliphatic heterocycles. The summed E-state index contributed by atoms with van der Waals surface area (Å²) in [6.45, 7) is 3.79. The quantitative estimate of drug-likeness (QED) is 0.848. The zero-order valence-corrected chi connectivity index (χ0v) is 12.5. The molecule has 0 heterocycles. The summed E-state index contributed by atoms with van der Waals surface area (Å²) in [5, 5.41) is 2.98. The minimum atomic E-state index is -0.130. The van der Waals surface area contributed by atoms with Gasteiger partial charge in [0.05, 0.1) is 13.2 Å². The van der Waals surface area contributed by atoms with E-state index in [0.29, 0.717) is 11.3 Å². The van der Waals surface area contributed by atoms with Crippen molar-refractivity contribution in [1.82, 2.24) is 5.32 Å². The van der Waals surface area contributed by atoms with Crippen molar-refractivity contribution in [3.05, 3.63) is 59.2 Å². The Morgan fingerprint density at radius 3 is 2.67 bits per heavy atom.